The van der Waals surface area contributed by atoms with E-state index in [-0.39, 0.29) is 0 Å². The van der Waals surface area contributed by atoms with E-state index in [1.807, 2.05) is 18.2 Å². The van der Waals surface area contributed by atoms with Crippen molar-refractivity contribution in [2.45, 2.75) is 13.5 Å². The molecule has 1 rings (SSSR count). The maximum atomic E-state index is 5.51. The van der Waals surface area contributed by atoms with Gasteiger partial charge in [0.1, 0.15) is 0 Å². The largest absolute Gasteiger partial charge is 0.375 e. The van der Waals surface area contributed by atoms with Gasteiger partial charge in [-0.3, -0.25) is 0 Å². The summed E-state index contributed by atoms with van der Waals surface area (Å²) in [5, 5.41) is 3.21. The summed E-state index contributed by atoms with van der Waals surface area (Å²) >= 11 is 3.48. The molecule has 1 aromatic carbocycles. The Morgan fingerprint density at radius 3 is 2.86 bits per heavy atom. The third kappa shape index (κ3) is 4.22. The van der Waals surface area contributed by atoms with Gasteiger partial charge in [-0.15, -0.1) is 0 Å². The van der Waals surface area contributed by atoms with Gasteiger partial charge in [0.05, 0.1) is 13.2 Å². The summed E-state index contributed by atoms with van der Waals surface area (Å²) in [6, 6.07) is 8.13. The average molecular weight is 258 g/mol. The van der Waals surface area contributed by atoms with E-state index in [0.29, 0.717) is 6.61 Å². The second-order valence-corrected chi connectivity index (χ2v) is 3.85. The molecule has 0 aliphatic carbocycles. The molecule has 0 amide bonds. The molecular weight excluding hydrogens is 242 g/mol. The quantitative estimate of drug-likeness (QED) is 0.792. The molecule has 2 nitrogen and oxygen atoms in total. The molecule has 0 radical (unpaired) electrons. The van der Waals surface area contributed by atoms with E-state index in [9.17, 15) is 0 Å². The smallest absolute Gasteiger partial charge is 0.0728 e. The van der Waals surface area contributed by atoms with Gasteiger partial charge in [-0.2, -0.15) is 0 Å². The molecule has 14 heavy (non-hydrogen) atoms. The number of ether oxygens (including phenoxy) is 1. The lowest BCUT2D eigenvalue weighted by Gasteiger charge is -2.06. The minimum atomic E-state index is 0.673. The van der Waals surface area contributed by atoms with Crippen molar-refractivity contribution in [3.63, 3.8) is 0 Å². The van der Waals surface area contributed by atoms with Crippen LogP contribution >= 0.6 is 15.9 Å². The Bertz CT molecular complexity index is 265. The lowest BCUT2D eigenvalue weighted by atomic mass is 10.2. The molecule has 0 atom stereocenters. The van der Waals surface area contributed by atoms with Crippen molar-refractivity contribution in [2.75, 3.05) is 19.7 Å². The number of hydrogen-bond donors (Lipinski definition) is 1. The normalized spacial score (nSPS) is 10.4. The van der Waals surface area contributed by atoms with Crippen LogP contribution in [0, 0.1) is 0 Å². The van der Waals surface area contributed by atoms with Crippen LogP contribution in [0.4, 0.5) is 0 Å². The van der Waals surface area contributed by atoms with Crippen molar-refractivity contribution >= 4 is 15.9 Å². The third-order valence-corrected chi connectivity index (χ3v) is 2.66. The second kappa shape index (κ2) is 6.98. The summed E-state index contributed by atoms with van der Waals surface area (Å²) < 4.78 is 6.62. The summed E-state index contributed by atoms with van der Waals surface area (Å²) in [7, 11) is 0. The Hall–Kier alpha value is -0.380. The van der Waals surface area contributed by atoms with Gasteiger partial charge in [0.25, 0.3) is 0 Å². The zero-order valence-electron chi connectivity index (χ0n) is 8.42. The molecular formula is C11H16BrNO. The number of hydrogen-bond acceptors (Lipinski definition) is 2. The number of nitrogens with one attached hydrogen (secondary N) is 1. The SMILES string of the molecule is CCNCCOCc1ccccc1Br. The van der Waals surface area contributed by atoms with E-state index < -0.39 is 0 Å². The minimum absolute atomic E-state index is 0.673. The van der Waals surface area contributed by atoms with Crippen molar-refractivity contribution in [1.29, 1.82) is 0 Å². The lowest BCUT2D eigenvalue weighted by molar-refractivity contribution is 0.122. The van der Waals surface area contributed by atoms with Gasteiger partial charge in [-0.05, 0) is 18.2 Å². The van der Waals surface area contributed by atoms with Gasteiger partial charge in [-0.25, -0.2) is 0 Å². The van der Waals surface area contributed by atoms with E-state index >= 15 is 0 Å². The first kappa shape index (κ1) is 11.7. The molecule has 0 saturated carbocycles. The van der Waals surface area contributed by atoms with Crippen LogP contribution in [-0.4, -0.2) is 19.7 Å². The monoisotopic (exact) mass is 257 g/mol. The van der Waals surface area contributed by atoms with Crippen LogP contribution in [0.3, 0.4) is 0 Å². The molecule has 0 bridgehead atoms. The van der Waals surface area contributed by atoms with Gasteiger partial charge in [0.2, 0.25) is 0 Å². The first-order chi connectivity index (χ1) is 6.84. The fourth-order valence-electron chi connectivity index (χ4n) is 1.12. The zero-order chi connectivity index (χ0) is 10.2. The summed E-state index contributed by atoms with van der Waals surface area (Å²) in [5.74, 6) is 0. The summed E-state index contributed by atoms with van der Waals surface area (Å²) in [6.45, 7) is 5.44. The summed E-state index contributed by atoms with van der Waals surface area (Å²) in [5.41, 5.74) is 1.20. The fraction of sp³-hybridized carbons (Fsp3) is 0.455. The fourth-order valence-corrected chi connectivity index (χ4v) is 1.52. The lowest BCUT2D eigenvalue weighted by Crippen LogP contribution is -2.18. The Balaban J connectivity index is 2.21. The van der Waals surface area contributed by atoms with Gasteiger partial charge in [-0.1, -0.05) is 41.1 Å². The molecule has 3 heteroatoms. The van der Waals surface area contributed by atoms with Crippen molar-refractivity contribution < 1.29 is 4.74 Å². The molecule has 78 valence electrons. The number of likely N-dealkylation sites (N-methyl/N-ethyl adjacent to an activating group) is 1. The third-order valence-electron chi connectivity index (χ3n) is 1.89. The van der Waals surface area contributed by atoms with E-state index in [4.69, 9.17) is 4.74 Å². The van der Waals surface area contributed by atoms with Crippen molar-refractivity contribution in [3.8, 4) is 0 Å². The van der Waals surface area contributed by atoms with Crippen LogP contribution in [0.1, 0.15) is 12.5 Å². The highest BCUT2D eigenvalue weighted by atomic mass is 79.9. The van der Waals surface area contributed by atoms with Crippen LogP contribution in [0.15, 0.2) is 28.7 Å². The zero-order valence-corrected chi connectivity index (χ0v) is 10.0. The molecule has 0 fully saturated rings. The van der Waals surface area contributed by atoms with E-state index in [1.165, 1.54) is 5.56 Å². The standard InChI is InChI=1S/C11H16BrNO/c1-2-13-7-8-14-9-10-5-3-4-6-11(10)12/h3-6,13H,2,7-9H2,1H3. The van der Waals surface area contributed by atoms with E-state index in [1.54, 1.807) is 0 Å². The van der Waals surface area contributed by atoms with Crippen LogP contribution in [-0.2, 0) is 11.3 Å². The predicted octanol–water partition coefficient (Wildman–Crippen LogP) is 2.58. The Morgan fingerprint density at radius 2 is 2.14 bits per heavy atom. The first-order valence-corrected chi connectivity index (χ1v) is 5.65. The molecule has 1 N–H and O–H groups in total. The average Bonchev–Trinajstić information content (AvgIpc) is 2.20. The number of halogens is 1. The number of rotatable bonds is 6. The number of benzene rings is 1. The summed E-state index contributed by atoms with van der Waals surface area (Å²) in [6.07, 6.45) is 0. The van der Waals surface area contributed by atoms with Crippen LogP contribution in [0.25, 0.3) is 0 Å². The molecule has 0 heterocycles. The van der Waals surface area contributed by atoms with E-state index in [0.717, 1.165) is 24.2 Å². The molecule has 0 aliphatic rings. The molecule has 1 aromatic rings. The van der Waals surface area contributed by atoms with E-state index in [2.05, 4.69) is 34.2 Å². The van der Waals surface area contributed by atoms with Gasteiger partial charge in [0.15, 0.2) is 0 Å². The predicted molar refractivity (Wildman–Crippen MR) is 62.3 cm³/mol. The highest BCUT2D eigenvalue weighted by molar-refractivity contribution is 9.10. The van der Waals surface area contributed by atoms with Crippen LogP contribution in [0.2, 0.25) is 0 Å². The van der Waals surface area contributed by atoms with Crippen molar-refractivity contribution in [3.05, 3.63) is 34.3 Å². The highest BCUT2D eigenvalue weighted by Gasteiger charge is 1.97. The maximum absolute atomic E-state index is 5.51. The van der Waals surface area contributed by atoms with Gasteiger partial charge >= 0.3 is 0 Å². The molecule has 0 spiro atoms. The Morgan fingerprint density at radius 1 is 1.36 bits per heavy atom. The minimum Gasteiger partial charge on any atom is -0.375 e. The second-order valence-electron chi connectivity index (χ2n) is 3.00. The molecule has 0 saturated heterocycles. The van der Waals surface area contributed by atoms with Crippen molar-refractivity contribution in [2.24, 2.45) is 0 Å². The van der Waals surface area contributed by atoms with Gasteiger partial charge < -0.3 is 10.1 Å². The first-order valence-electron chi connectivity index (χ1n) is 4.86. The molecule has 0 aliphatic heterocycles. The van der Waals surface area contributed by atoms with Crippen molar-refractivity contribution in [1.82, 2.24) is 5.32 Å². The Kier molecular flexibility index (Phi) is 5.83. The molecule has 0 unspecified atom stereocenters. The molecule has 0 aromatic heterocycles. The van der Waals surface area contributed by atoms with Crippen LogP contribution in [0.5, 0.6) is 0 Å². The Labute approximate surface area is 93.8 Å². The summed E-state index contributed by atoms with van der Waals surface area (Å²) in [4.78, 5) is 0. The van der Waals surface area contributed by atoms with Crippen LogP contribution < -0.4 is 5.32 Å². The highest BCUT2D eigenvalue weighted by Crippen LogP contribution is 2.16. The van der Waals surface area contributed by atoms with Gasteiger partial charge in [0, 0.05) is 11.0 Å². The maximum Gasteiger partial charge on any atom is 0.0728 e. The topological polar surface area (TPSA) is 21.3 Å².